The van der Waals surface area contributed by atoms with Gasteiger partial charge in [0.15, 0.2) is 11.5 Å². The normalized spacial score (nSPS) is 13.0. The summed E-state index contributed by atoms with van der Waals surface area (Å²) in [5.74, 6) is 1.10. The van der Waals surface area contributed by atoms with Crippen molar-refractivity contribution in [1.29, 1.82) is 0 Å². The number of fused-ring (bicyclic) bond motifs is 1. The summed E-state index contributed by atoms with van der Waals surface area (Å²) < 4.78 is 10.8. The van der Waals surface area contributed by atoms with Crippen LogP contribution in [0.25, 0.3) is 0 Å². The number of rotatable bonds is 10. The van der Waals surface area contributed by atoms with Crippen LogP contribution >= 0.6 is 23.2 Å². The molecule has 1 N–H and O–H groups in total. The summed E-state index contributed by atoms with van der Waals surface area (Å²) in [6.07, 6.45) is 2.66. The van der Waals surface area contributed by atoms with Crippen molar-refractivity contribution in [2.45, 2.75) is 52.1 Å². The SMILES string of the molecule is CCCCNC(=O)[C@H](C)N(Cc1ccc(Cl)c(Cl)c1)C(=O)CCc1ccc2c(c1)OCO2. The lowest BCUT2D eigenvalue weighted by molar-refractivity contribution is -0.140. The van der Waals surface area contributed by atoms with Crippen LogP contribution < -0.4 is 14.8 Å². The highest BCUT2D eigenvalue weighted by Gasteiger charge is 2.26. The maximum Gasteiger partial charge on any atom is 0.242 e. The van der Waals surface area contributed by atoms with Crippen molar-refractivity contribution in [3.63, 3.8) is 0 Å². The smallest absolute Gasteiger partial charge is 0.242 e. The Morgan fingerprint density at radius 2 is 1.81 bits per heavy atom. The van der Waals surface area contributed by atoms with Gasteiger partial charge < -0.3 is 19.7 Å². The van der Waals surface area contributed by atoms with Crippen molar-refractivity contribution in [3.05, 3.63) is 57.6 Å². The summed E-state index contributed by atoms with van der Waals surface area (Å²) in [5.41, 5.74) is 1.78. The first kappa shape index (κ1) is 24.2. The molecule has 0 bridgehead atoms. The number of benzene rings is 2. The fourth-order valence-electron chi connectivity index (χ4n) is 3.44. The molecular formula is C24H28Cl2N2O4. The molecule has 8 heteroatoms. The Kier molecular flexibility index (Phi) is 8.65. The summed E-state index contributed by atoms with van der Waals surface area (Å²) in [6.45, 7) is 4.87. The second-order valence-electron chi connectivity index (χ2n) is 7.78. The number of hydrogen-bond donors (Lipinski definition) is 1. The number of amides is 2. The second-order valence-corrected chi connectivity index (χ2v) is 8.59. The van der Waals surface area contributed by atoms with Crippen molar-refractivity contribution in [1.82, 2.24) is 10.2 Å². The average molecular weight is 479 g/mol. The Labute approximate surface area is 198 Å². The number of nitrogens with one attached hydrogen (secondary N) is 1. The highest BCUT2D eigenvalue weighted by molar-refractivity contribution is 6.42. The molecule has 0 saturated carbocycles. The number of hydrogen-bond acceptors (Lipinski definition) is 4. The molecule has 2 amide bonds. The third-order valence-electron chi connectivity index (χ3n) is 5.40. The molecular weight excluding hydrogens is 451 g/mol. The summed E-state index contributed by atoms with van der Waals surface area (Å²) in [6, 6.07) is 10.3. The molecule has 0 fully saturated rings. The van der Waals surface area contributed by atoms with Crippen molar-refractivity contribution < 1.29 is 19.1 Å². The van der Waals surface area contributed by atoms with E-state index < -0.39 is 6.04 Å². The fourth-order valence-corrected chi connectivity index (χ4v) is 3.77. The molecule has 2 aromatic rings. The standard InChI is InChI=1S/C24H28Cl2N2O4/c1-3-4-11-27-24(30)16(2)28(14-18-5-8-19(25)20(26)12-18)23(29)10-7-17-6-9-21-22(13-17)32-15-31-21/h5-6,8-9,12-13,16H,3-4,7,10-11,14-15H2,1-2H3,(H,27,30)/t16-/m0/s1. The van der Waals surface area contributed by atoms with Gasteiger partial charge in [0, 0.05) is 19.5 Å². The molecule has 6 nitrogen and oxygen atoms in total. The van der Waals surface area contributed by atoms with E-state index in [4.69, 9.17) is 32.7 Å². The van der Waals surface area contributed by atoms with Gasteiger partial charge in [-0.05, 0) is 55.2 Å². The molecule has 0 aliphatic carbocycles. The molecule has 1 aliphatic rings. The second kappa shape index (κ2) is 11.4. The van der Waals surface area contributed by atoms with Gasteiger partial charge in [-0.1, -0.05) is 48.7 Å². The molecule has 32 heavy (non-hydrogen) atoms. The predicted octanol–water partition coefficient (Wildman–Crippen LogP) is 4.99. The molecule has 3 rings (SSSR count). The number of carbonyl (C=O) groups is 2. The van der Waals surface area contributed by atoms with Crippen LogP contribution in [0.4, 0.5) is 0 Å². The van der Waals surface area contributed by atoms with Crippen LogP contribution in [0.2, 0.25) is 10.0 Å². The van der Waals surface area contributed by atoms with E-state index in [0.29, 0.717) is 34.5 Å². The minimum Gasteiger partial charge on any atom is -0.454 e. The average Bonchev–Trinajstić information content (AvgIpc) is 3.25. The molecule has 0 saturated heterocycles. The van der Waals surface area contributed by atoms with Crippen LogP contribution in [0, 0.1) is 0 Å². The minimum absolute atomic E-state index is 0.119. The molecule has 0 radical (unpaired) electrons. The van der Waals surface area contributed by atoms with Crippen LogP contribution in [0.5, 0.6) is 11.5 Å². The molecule has 1 heterocycles. The number of aryl methyl sites for hydroxylation is 1. The molecule has 0 spiro atoms. The van der Waals surface area contributed by atoms with E-state index >= 15 is 0 Å². The third kappa shape index (κ3) is 6.30. The zero-order valence-electron chi connectivity index (χ0n) is 18.3. The predicted molar refractivity (Wildman–Crippen MR) is 125 cm³/mol. The molecule has 1 aliphatic heterocycles. The Bertz CT molecular complexity index is 967. The van der Waals surface area contributed by atoms with Gasteiger partial charge in [-0.15, -0.1) is 0 Å². The van der Waals surface area contributed by atoms with E-state index in [-0.39, 0.29) is 31.6 Å². The number of ether oxygens (including phenoxy) is 2. The Morgan fingerprint density at radius 1 is 1.06 bits per heavy atom. The van der Waals surface area contributed by atoms with Gasteiger partial charge in [0.1, 0.15) is 6.04 Å². The molecule has 1 atom stereocenters. The van der Waals surface area contributed by atoms with Gasteiger partial charge in [-0.3, -0.25) is 9.59 Å². The number of nitrogens with zero attached hydrogens (tertiary/aromatic N) is 1. The zero-order valence-corrected chi connectivity index (χ0v) is 19.8. The topological polar surface area (TPSA) is 67.9 Å². The molecule has 2 aromatic carbocycles. The van der Waals surface area contributed by atoms with Crippen LogP contribution in [-0.4, -0.2) is 36.1 Å². The van der Waals surface area contributed by atoms with Gasteiger partial charge in [0.05, 0.1) is 10.0 Å². The highest BCUT2D eigenvalue weighted by atomic mass is 35.5. The number of carbonyl (C=O) groups excluding carboxylic acids is 2. The zero-order chi connectivity index (χ0) is 23.1. The van der Waals surface area contributed by atoms with Gasteiger partial charge in [-0.25, -0.2) is 0 Å². The molecule has 172 valence electrons. The molecule has 0 aromatic heterocycles. The van der Waals surface area contributed by atoms with E-state index in [1.54, 1.807) is 24.0 Å². The summed E-state index contributed by atoms with van der Waals surface area (Å²) in [4.78, 5) is 27.5. The summed E-state index contributed by atoms with van der Waals surface area (Å²) >= 11 is 12.2. The van der Waals surface area contributed by atoms with Gasteiger partial charge in [0.2, 0.25) is 18.6 Å². The number of halogens is 2. The van der Waals surface area contributed by atoms with Crippen molar-refractivity contribution >= 4 is 35.0 Å². The lowest BCUT2D eigenvalue weighted by Crippen LogP contribution is -2.47. The van der Waals surface area contributed by atoms with Crippen LogP contribution in [-0.2, 0) is 22.6 Å². The van der Waals surface area contributed by atoms with Crippen LogP contribution in [0.1, 0.15) is 44.2 Å². The quantitative estimate of drug-likeness (QED) is 0.488. The minimum atomic E-state index is -0.620. The summed E-state index contributed by atoms with van der Waals surface area (Å²) in [5, 5.41) is 3.78. The third-order valence-corrected chi connectivity index (χ3v) is 6.14. The van der Waals surface area contributed by atoms with Gasteiger partial charge >= 0.3 is 0 Å². The van der Waals surface area contributed by atoms with E-state index in [9.17, 15) is 9.59 Å². The van der Waals surface area contributed by atoms with Crippen molar-refractivity contribution in [2.24, 2.45) is 0 Å². The first-order valence-electron chi connectivity index (χ1n) is 10.8. The Hall–Kier alpha value is -2.44. The van der Waals surface area contributed by atoms with E-state index in [0.717, 1.165) is 24.0 Å². The van der Waals surface area contributed by atoms with E-state index in [2.05, 4.69) is 12.2 Å². The number of unbranched alkanes of at least 4 members (excludes halogenated alkanes) is 1. The molecule has 0 unspecified atom stereocenters. The largest absolute Gasteiger partial charge is 0.454 e. The first-order chi connectivity index (χ1) is 15.4. The highest BCUT2D eigenvalue weighted by Crippen LogP contribution is 2.33. The fraction of sp³-hybridized carbons (Fsp3) is 0.417. The summed E-state index contributed by atoms with van der Waals surface area (Å²) in [7, 11) is 0. The van der Waals surface area contributed by atoms with Crippen LogP contribution in [0.15, 0.2) is 36.4 Å². The van der Waals surface area contributed by atoms with Crippen molar-refractivity contribution in [2.75, 3.05) is 13.3 Å². The monoisotopic (exact) mass is 478 g/mol. The van der Waals surface area contributed by atoms with Gasteiger partial charge in [0.25, 0.3) is 0 Å². The van der Waals surface area contributed by atoms with E-state index in [1.165, 1.54) is 0 Å². The van der Waals surface area contributed by atoms with Gasteiger partial charge in [-0.2, -0.15) is 0 Å². The maximum absolute atomic E-state index is 13.2. The Morgan fingerprint density at radius 3 is 2.56 bits per heavy atom. The lowest BCUT2D eigenvalue weighted by atomic mass is 10.1. The van der Waals surface area contributed by atoms with E-state index in [1.807, 2.05) is 24.3 Å². The maximum atomic E-state index is 13.2. The van der Waals surface area contributed by atoms with Crippen molar-refractivity contribution in [3.8, 4) is 11.5 Å². The van der Waals surface area contributed by atoms with Crippen LogP contribution in [0.3, 0.4) is 0 Å². The Balaban J connectivity index is 1.71. The lowest BCUT2D eigenvalue weighted by Gasteiger charge is -2.29. The first-order valence-corrected chi connectivity index (χ1v) is 11.5.